The molecule has 2 N–H and O–H groups in total. The zero-order valence-electron chi connectivity index (χ0n) is 39.4. The van der Waals surface area contributed by atoms with Crippen molar-refractivity contribution in [2.45, 2.75) is 124 Å². The molecule has 15 nitrogen and oxygen atoms in total. The number of piperazine rings is 1. The van der Waals surface area contributed by atoms with Crippen LogP contribution < -0.4 is 10.7 Å². The lowest BCUT2D eigenvalue weighted by Gasteiger charge is -2.45. The Bertz CT molecular complexity index is 2360. The standard InChI is InChI=1S/C48H67N9O6S/c1-12-55-39-18-17-32-21-34(39)35(43(55)33-15-13-19-49-41(33)31(6)62-11)23-48(7,8)27-63-46(60)36-16-14-20-57(52-36)45(59)37(22-40-50-38(32)26-64-40)51-44(58)42(28(2)3)54(10)47(61)56-25-29(4)53(9)24-30(56)5/h13,15,17-19,21,26,28-31,36-37,42,52H,12,14,16,20,22-25,27H2,1-11H3,(H,51,58)/t29-,30-,31-,36-,37-,42?/m0/s1. The fourth-order valence-corrected chi connectivity index (χ4v) is 10.5. The summed E-state index contributed by atoms with van der Waals surface area (Å²) in [6.07, 6.45) is 3.30. The van der Waals surface area contributed by atoms with Crippen molar-refractivity contribution in [1.82, 2.24) is 45.0 Å². The number of rotatable bonds is 8. The lowest BCUT2D eigenvalue weighted by molar-refractivity contribution is -0.155. The molecule has 6 atom stereocenters. The Kier molecular flexibility index (Phi) is 14.2. The predicted octanol–water partition coefficient (Wildman–Crippen LogP) is 6.30. The molecular weight excluding hydrogens is 831 g/mol. The third-order valence-corrected chi connectivity index (χ3v) is 14.2. The minimum atomic E-state index is -1.04. The number of hydrazine groups is 1. The van der Waals surface area contributed by atoms with Gasteiger partial charge < -0.3 is 29.2 Å². The highest BCUT2D eigenvalue weighted by molar-refractivity contribution is 7.10. The van der Waals surface area contributed by atoms with Crippen molar-refractivity contribution < 1.29 is 28.7 Å². The first-order valence-electron chi connectivity index (χ1n) is 22.8. The zero-order valence-corrected chi connectivity index (χ0v) is 40.3. The summed E-state index contributed by atoms with van der Waals surface area (Å²) < 4.78 is 14.3. The van der Waals surface area contributed by atoms with Gasteiger partial charge in [0.05, 0.1) is 34.8 Å². The molecule has 1 aromatic carbocycles. The number of nitrogens with one attached hydrogen (secondary N) is 2. The van der Waals surface area contributed by atoms with Crippen molar-refractivity contribution in [3.05, 3.63) is 58.2 Å². The van der Waals surface area contributed by atoms with Gasteiger partial charge in [0.2, 0.25) is 5.91 Å². The number of hydrogen-bond acceptors (Lipinski definition) is 11. The molecule has 6 bridgehead atoms. The van der Waals surface area contributed by atoms with Gasteiger partial charge in [-0.1, -0.05) is 33.8 Å². The first-order chi connectivity index (χ1) is 30.4. The molecule has 0 spiro atoms. The molecule has 3 aliphatic rings. The molecule has 64 heavy (non-hydrogen) atoms. The van der Waals surface area contributed by atoms with Gasteiger partial charge in [-0.2, -0.15) is 0 Å². The van der Waals surface area contributed by atoms with E-state index in [0.29, 0.717) is 43.9 Å². The topological polar surface area (TPSA) is 154 Å². The van der Waals surface area contributed by atoms with Crippen LogP contribution in [0.2, 0.25) is 0 Å². The van der Waals surface area contributed by atoms with Crippen molar-refractivity contribution in [3.63, 3.8) is 0 Å². The number of aryl methyl sites for hydroxylation is 1. The molecule has 3 aromatic heterocycles. The number of cyclic esters (lactones) is 1. The largest absolute Gasteiger partial charge is 0.464 e. The van der Waals surface area contributed by atoms with Crippen LogP contribution in [0.3, 0.4) is 0 Å². The average molecular weight is 898 g/mol. The van der Waals surface area contributed by atoms with E-state index >= 15 is 0 Å². The van der Waals surface area contributed by atoms with Gasteiger partial charge in [0.25, 0.3) is 5.91 Å². The molecule has 2 fully saturated rings. The van der Waals surface area contributed by atoms with E-state index in [1.165, 1.54) is 21.2 Å². The normalized spacial score (nSPS) is 23.1. The number of likely N-dealkylation sites (N-methyl/N-ethyl adjacent to an activating group) is 2. The maximum atomic E-state index is 14.6. The highest BCUT2D eigenvalue weighted by atomic mass is 32.1. The van der Waals surface area contributed by atoms with E-state index in [4.69, 9.17) is 19.4 Å². The summed E-state index contributed by atoms with van der Waals surface area (Å²) >= 11 is 1.43. The van der Waals surface area contributed by atoms with E-state index in [0.717, 1.165) is 51.2 Å². The van der Waals surface area contributed by atoms with Crippen LogP contribution in [0, 0.1) is 11.3 Å². The van der Waals surface area contributed by atoms with Crippen LogP contribution in [0.5, 0.6) is 0 Å². The second-order valence-electron chi connectivity index (χ2n) is 19.1. The number of thiazole rings is 1. The van der Waals surface area contributed by atoms with Gasteiger partial charge in [-0.25, -0.2) is 15.2 Å². The van der Waals surface area contributed by atoms with E-state index in [1.807, 2.05) is 44.0 Å². The number of pyridine rings is 1. The lowest BCUT2D eigenvalue weighted by atomic mass is 9.84. The highest BCUT2D eigenvalue weighted by Gasteiger charge is 2.40. The number of aromatic nitrogens is 3. The molecule has 16 heteroatoms. The Morgan fingerprint density at radius 1 is 1.12 bits per heavy atom. The Labute approximate surface area is 381 Å². The highest BCUT2D eigenvalue weighted by Crippen LogP contribution is 2.42. The van der Waals surface area contributed by atoms with Gasteiger partial charge in [0.15, 0.2) is 0 Å². The Balaban J connectivity index is 1.28. The number of esters is 1. The molecule has 4 aromatic rings. The van der Waals surface area contributed by atoms with Gasteiger partial charge in [-0.15, -0.1) is 11.3 Å². The lowest BCUT2D eigenvalue weighted by Crippen LogP contribution is -2.64. The van der Waals surface area contributed by atoms with E-state index in [-0.39, 0.29) is 49.1 Å². The number of urea groups is 1. The summed E-state index contributed by atoms with van der Waals surface area (Å²) in [5.41, 5.74) is 9.40. The summed E-state index contributed by atoms with van der Waals surface area (Å²) in [6, 6.07) is 7.71. The molecule has 1 unspecified atom stereocenters. The monoisotopic (exact) mass is 897 g/mol. The number of ether oxygens (including phenoxy) is 2. The van der Waals surface area contributed by atoms with E-state index in [2.05, 4.69) is 79.2 Å². The summed E-state index contributed by atoms with van der Waals surface area (Å²) in [6.45, 7) is 18.7. The minimum Gasteiger partial charge on any atom is -0.464 e. The maximum absolute atomic E-state index is 14.6. The Hall–Kier alpha value is -4.90. The first kappa shape index (κ1) is 47.1. The number of methoxy groups -OCH3 is 1. The fourth-order valence-electron chi connectivity index (χ4n) is 9.63. The van der Waals surface area contributed by atoms with Crippen molar-refractivity contribution in [2.24, 2.45) is 11.3 Å². The molecule has 7 rings (SSSR count). The number of nitrogens with zero attached hydrogens (tertiary/aromatic N) is 7. The number of carbonyl (C=O) groups excluding carboxylic acids is 4. The second kappa shape index (κ2) is 19.3. The molecular formula is C48H67N9O6S. The smallest absolute Gasteiger partial charge is 0.324 e. The minimum absolute atomic E-state index is 0.0370. The molecule has 2 saturated heterocycles. The third kappa shape index (κ3) is 9.56. The van der Waals surface area contributed by atoms with Crippen LogP contribution >= 0.6 is 11.3 Å². The molecule has 4 amide bonds. The van der Waals surface area contributed by atoms with E-state index in [1.54, 1.807) is 20.4 Å². The van der Waals surface area contributed by atoms with Crippen molar-refractivity contribution in [3.8, 4) is 22.5 Å². The van der Waals surface area contributed by atoms with Gasteiger partial charge >= 0.3 is 12.0 Å². The Morgan fingerprint density at radius 3 is 2.61 bits per heavy atom. The number of benzene rings is 1. The summed E-state index contributed by atoms with van der Waals surface area (Å²) in [5, 5.41) is 8.24. The SMILES string of the molecule is CCn1c(-c2cccnc2[C@H](C)OC)c2c3cc(ccc31)-c1csc(n1)C[C@H](NC(=O)C(C(C)C)N(C)C(=O)N1C[C@H](C)N(C)C[C@@H]1C)C(=O)N1CCC[C@H](N1)C(=O)OCC(C)(C)C2. The third-order valence-electron chi connectivity index (χ3n) is 13.3. The average Bonchev–Trinajstić information content (AvgIpc) is 3.86. The molecule has 346 valence electrons. The number of amides is 4. The van der Waals surface area contributed by atoms with E-state index in [9.17, 15) is 19.2 Å². The van der Waals surface area contributed by atoms with Crippen LogP contribution in [-0.2, 0) is 43.2 Å². The summed E-state index contributed by atoms with van der Waals surface area (Å²) in [7, 11) is 5.41. The molecule has 0 aliphatic carbocycles. The van der Waals surface area contributed by atoms with Crippen LogP contribution in [0.4, 0.5) is 4.79 Å². The first-order valence-corrected chi connectivity index (χ1v) is 23.7. The van der Waals surface area contributed by atoms with Crippen molar-refractivity contribution in [2.75, 3.05) is 47.4 Å². The van der Waals surface area contributed by atoms with Gasteiger partial charge in [-0.3, -0.25) is 29.3 Å². The molecule has 6 heterocycles. The number of carbonyl (C=O) groups is 4. The van der Waals surface area contributed by atoms with Crippen molar-refractivity contribution >= 4 is 46.1 Å². The Morgan fingerprint density at radius 2 is 1.89 bits per heavy atom. The van der Waals surface area contributed by atoms with Crippen LogP contribution in [0.1, 0.15) is 90.6 Å². The fraction of sp³-hybridized carbons (Fsp3) is 0.583. The van der Waals surface area contributed by atoms with Crippen molar-refractivity contribution in [1.29, 1.82) is 0 Å². The van der Waals surface area contributed by atoms with Crippen LogP contribution in [0.25, 0.3) is 33.4 Å². The molecule has 3 aliphatic heterocycles. The maximum Gasteiger partial charge on any atom is 0.324 e. The second-order valence-corrected chi connectivity index (χ2v) is 20.1. The van der Waals surface area contributed by atoms with Gasteiger partial charge in [0.1, 0.15) is 18.1 Å². The van der Waals surface area contributed by atoms with Gasteiger partial charge in [-0.05, 0) is 89.8 Å². The summed E-state index contributed by atoms with van der Waals surface area (Å²) in [5.74, 6) is -1.52. The molecule has 0 radical (unpaired) electrons. The quantitative estimate of drug-likeness (QED) is 0.193. The van der Waals surface area contributed by atoms with E-state index < -0.39 is 35.4 Å². The summed E-state index contributed by atoms with van der Waals surface area (Å²) in [4.78, 5) is 72.6. The number of hydrogen-bond donors (Lipinski definition) is 2. The van der Waals surface area contributed by atoms with Gasteiger partial charge in [0, 0.05) is 97.9 Å². The van der Waals surface area contributed by atoms with Crippen LogP contribution in [0.15, 0.2) is 41.9 Å². The molecule has 0 saturated carbocycles. The predicted molar refractivity (Wildman–Crippen MR) is 249 cm³/mol. The van der Waals surface area contributed by atoms with Crippen LogP contribution in [-0.4, -0.2) is 136 Å². The zero-order chi connectivity index (χ0) is 46.2. The number of fused-ring (bicyclic) bond motifs is 6.